The highest BCUT2D eigenvalue weighted by molar-refractivity contribution is 6.35. The zero-order valence-corrected chi connectivity index (χ0v) is 14.3. The molecule has 0 unspecified atom stereocenters. The van der Waals surface area contributed by atoms with Crippen LogP contribution in [0.3, 0.4) is 0 Å². The lowest BCUT2D eigenvalue weighted by atomic mass is 10.2. The summed E-state index contributed by atoms with van der Waals surface area (Å²) in [7, 11) is 0. The molecule has 24 heavy (non-hydrogen) atoms. The lowest BCUT2D eigenvalue weighted by molar-refractivity contribution is 0.0871. The van der Waals surface area contributed by atoms with Gasteiger partial charge in [-0.1, -0.05) is 34.5 Å². The summed E-state index contributed by atoms with van der Waals surface area (Å²) in [6.07, 6.45) is 1.57. The smallest absolute Gasteiger partial charge is 0.273 e. The van der Waals surface area contributed by atoms with E-state index in [4.69, 9.17) is 32.7 Å². The summed E-state index contributed by atoms with van der Waals surface area (Å²) >= 11 is 12.0. The third kappa shape index (κ3) is 4.45. The van der Waals surface area contributed by atoms with Crippen molar-refractivity contribution in [1.82, 2.24) is 20.3 Å². The van der Waals surface area contributed by atoms with Crippen molar-refractivity contribution in [3.63, 3.8) is 0 Å². The molecule has 1 amide bonds. The summed E-state index contributed by atoms with van der Waals surface area (Å²) in [5.74, 6) is -0.317. The van der Waals surface area contributed by atoms with Gasteiger partial charge in [-0.15, -0.1) is 5.10 Å². The minimum Gasteiger partial charge on any atom is -0.377 e. The van der Waals surface area contributed by atoms with Crippen LogP contribution in [0.2, 0.25) is 10.0 Å². The zero-order valence-electron chi connectivity index (χ0n) is 12.7. The number of nitrogens with zero attached hydrogens (tertiary/aromatic N) is 3. The molecule has 1 aliphatic heterocycles. The minimum atomic E-state index is -0.317. The fraction of sp³-hybridized carbons (Fsp3) is 0.400. The van der Waals surface area contributed by atoms with Crippen molar-refractivity contribution in [1.29, 1.82) is 0 Å². The van der Waals surface area contributed by atoms with Crippen molar-refractivity contribution in [2.45, 2.75) is 12.6 Å². The highest BCUT2D eigenvalue weighted by atomic mass is 35.5. The Kier molecular flexibility index (Phi) is 5.68. The van der Waals surface area contributed by atoms with E-state index in [9.17, 15) is 4.79 Å². The fourth-order valence-corrected chi connectivity index (χ4v) is 2.73. The number of hydrogen-bond acceptors (Lipinski definition) is 5. The Morgan fingerprint density at radius 1 is 1.29 bits per heavy atom. The first-order chi connectivity index (χ1) is 11.6. The molecule has 0 bridgehead atoms. The van der Waals surface area contributed by atoms with E-state index in [1.807, 2.05) is 6.07 Å². The molecule has 0 radical (unpaired) electrons. The zero-order chi connectivity index (χ0) is 16.9. The number of hydrogen-bond donors (Lipinski definition) is 1. The van der Waals surface area contributed by atoms with Crippen LogP contribution in [0.1, 0.15) is 16.1 Å². The van der Waals surface area contributed by atoms with Gasteiger partial charge in [-0.3, -0.25) is 4.79 Å². The second kappa shape index (κ2) is 7.94. The first-order valence-corrected chi connectivity index (χ1v) is 8.18. The molecule has 9 heteroatoms. The topological polar surface area (TPSA) is 78.3 Å². The van der Waals surface area contributed by atoms with Gasteiger partial charge in [0.05, 0.1) is 45.2 Å². The minimum absolute atomic E-state index is 0.198. The van der Waals surface area contributed by atoms with E-state index in [0.29, 0.717) is 43.0 Å². The first-order valence-electron chi connectivity index (χ1n) is 7.42. The number of ether oxygens (including phenoxy) is 2. The SMILES string of the molecule is O=C(NC1COCCOC1)c1cn(Cc2ccc(Cl)cc2Cl)nn1. The molecule has 0 saturated carbocycles. The molecule has 2 aromatic rings. The van der Waals surface area contributed by atoms with Gasteiger partial charge in [0.15, 0.2) is 5.69 Å². The Morgan fingerprint density at radius 2 is 2.04 bits per heavy atom. The molecule has 7 nitrogen and oxygen atoms in total. The molecule has 2 heterocycles. The lowest BCUT2D eigenvalue weighted by Gasteiger charge is -2.13. The number of halogens is 2. The Balaban J connectivity index is 1.63. The maximum absolute atomic E-state index is 12.2. The van der Waals surface area contributed by atoms with Crippen LogP contribution in [0.5, 0.6) is 0 Å². The lowest BCUT2D eigenvalue weighted by Crippen LogP contribution is -2.40. The molecule has 1 saturated heterocycles. The number of rotatable bonds is 4. The van der Waals surface area contributed by atoms with E-state index in [1.165, 1.54) is 0 Å². The highest BCUT2D eigenvalue weighted by Crippen LogP contribution is 2.21. The maximum atomic E-state index is 12.2. The summed E-state index contributed by atoms with van der Waals surface area (Å²) in [6.45, 7) is 2.29. The number of benzene rings is 1. The van der Waals surface area contributed by atoms with Crippen LogP contribution in [-0.4, -0.2) is 53.4 Å². The standard InChI is InChI=1S/C15H16Cl2N4O3/c16-11-2-1-10(13(17)5-11)6-21-7-14(19-20-21)15(22)18-12-8-23-3-4-24-9-12/h1-2,5,7,12H,3-4,6,8-9H2,(H,18,22). The number of aromatic nitrogens is 3. The van der Waals surface area contributed by atoms with Crippen molar-refractivity contribution in [3.8, 4) is 0 Å². The predicted molar refractivity (Wildman–Crippen MR) is 88.5 cm³/mol. The largest absolute Gasteiger partial charge is 0.377 e. The first kappa shape index (κ1) is 17.2. The van der Waals surface area contributed by atoms with Crippen molar-refractivity contribution in [2.75, 3.05) is 26.4 Å². The predicted octanol–water partition coefficient (Wildman–Crippen LogP) is 1.78. The van der Waals surface area contributed by atoms with Crippen LogP contribution in [0.4, 0.5) is 0 Å². The van der Waals surface area contributed by atoms with Gasteiger partial charge >= 0.3 is 0 Å². The monoisotopic (exact) mass is 370 g/mol. The van der Waals surface area contributed by atoms with Crippen LogP contribution >= 0.6 is 23.2 Å². The molecule has 1 aromatic carbocycles. The summed E-state index contributed by atoms with van der Waals surface area (Å²) in [6, 6.07) is 5.02. The highest BCUT2D eigenvalue weighted by Gasteiger charge is 2.19. The van der Waals surface area contributed by atoms with Gasteiger partial charge < -0.3 is 14.8 Å². The molecular weight excluding hydrogens is 355 g/mol. The van der Waals surface area contributed by atoms with Gasteiger partial charge in [0, 0.05) is 10.0 Å². The van der Waals surface area contributed by atoms with Gasteiger partial charge in [0.25, 0.3) is 5.91 Å². The van der Waals surface area contributed by atoms with Gasteiger partial charge in [0.2, 0.25) is 0 Å². The van der Waals surface area contributed by atoms with Crippen molar-refractivity contribution >= 4 is 29.1 Å². The van der Waals surface area contributed by atoms with Gasteiger partial charge in [-0.25, -0.2) is 4.68 Å². The average Bonchev–Trinajstić information content (AvgIpc) is 2.87. The van der Waals surface area contributed by atoms with Crippen LogP contribution in [0.15, 0.2) is 24.4 Å². The fourth-order valence-electron chi connectivity index (χ4n) is 2.26. The number of nitrogens with one attached hydrogen (secondary N) is 1. The Labute approximate surface area is 148 Å². The molecular formula is C15H16Cl2N4O3. The summed E-state index contributed by atoms with van der Waals surface area (Å²) < 4.78 is 12.2. The van der Waals surface area contributed by atoms with Crippen LogP contribution in [0.25, 0.3) is 0 Å². The number of carbonyl (C=O) groups is 1. The average molecular weight is 371 g/mol. The van der Waals surface area contributed by atoms with Gasteiger partial charge in [0.1, 0.15) is 0 Å². The molecule has 1 aromatic heterocycles. The molecule has 1 N–H and O–H groups in total. The molecule has 0 aliphatic carbocycles. The van der Waals surface area contributed by atoms with E-state index in [0.717, 1.165) is 5.56 Å². The number of amides is 1. The molecule has 0 spiro atoms. The summed E-state index contributed by atoms with van der Waals surface area (Å²) in [5.41, 5.74) is 1.06. The van der Waals surface area contributed by atoms with Gasteiger partial charge in [-0.05, 0) is 17.7 Å². The Morgan fingerprint density at radius 3 is 2.75 bits per heavy atom. The number of carbonyl (C=O) groups excluding carboxylic acids is 1. The second-order valence-corrected chi connectivity index (χ2v) is 6.20. The maximum Gasteiger partial charge on any atom is 0.273 e. The Hall–Kier alpha value is -1.67. The Bertz CT molecular complexity index is 714. The van der Waals surface area contributed by atoms with E-state index in [1.54, 1.807) is 23.0 Å². The normalized spacial score (nSPS) is 15.9. The summed E-state index contributed by atoms with van der Waals surface area (Å²) in [4.78, 5) is 12.2. The molecule has 1 fully saturated rings. The van der Waals surface area contributed by atoms with Crippen molar-refractivity contribution in [3.05, 3.63) is 45.7 Å². The molecule has 3 rings (SSSR count). The molecule has 0 atom stereocenters. The molecule has 128 valence electrons. The van der Waals surface area contributed by atoms with E-state index in [2.05, 4.69) is 15.6 Å². The van der Waals surface area contributed by atoms with Gasteiger partial charge in [-0.2, -0.15) is 0 Å². The second-order valence-electron chi connectivity index (χ2n) is 5.36. The van der Waals surface area contributed by atoms with Crippen molar-refractivity contribution < 1.29 is 14.3 Å². The van der Waals surface area contributed by atoms with Crippen LogP contribution in [-0.2, 0) is 16.0 Å². The van der Waals surface area contributed by atoms with Crippen LogP contribution < -0.4 is 5.32 Å². The third-order valence-corrected chi connectivity index (χ3v) is 4.05. The quantitative estimate of drug-likeness (QED) is 0.887. The van der Waals surface area contributed by atoms with Crippen LogP contribution in [0, 0.1) is 0 Å². The van der Waals surface area contributed by atoms with Crippen molar-refractivity contribution in [2.24, 2.45) is 0 Å². The van der Waals surface area contributed by atoms with E-state index in [-0.39, 0.29) is 17.6 Å². The van der Waals surface area contributed by atoms with E-state index >= 15 is 0 Å². The summed E-state index contributed by atoms with van der Waals surface area (Å²) in [5, 5.41) is 11.8. The van der Waals surface area contributed by atoms with E-state index < -0.39 is 0 Å². The molecule has 1 aliphatic rings. The third-order valence-electron chi connectivity index (χ3n) is 3.46.